The van der Waals surface area contributed by atoms with E-state index in [0.29, 0.717) is 5.96 Å². The summed E-state index contributed by atoms with van der Waals surface area (Å²) >= 11 is 0. The minimum Gasteiger partial charge on any atom is -0.369 e. The lowest BCUT2D eigenvalue weighted by atomic mass is 10.1. The first-order chi connectivity index (χ1) is 11.2. The third-order valence-electron chi connectivity index (χ3n) is 4.24. The number of nitrogens with zero attached hydrogens (tertiary/aromatic N) is 2. The smallest absolute Gasteiger partial charge is 0.201 e. The van der Waals surface area contributed by atoms with Crippen LogP contribution in [0.5, 0.6) is 0 Å². The second kappa shape index (κ2) is 6.69. The zero-order chi connectivity index (χ0) is 16.2. The molecule has 0 aromatic heterocycles. The Hall–Kier alpha value is -2.55. The summed E-state index contributed by atoms with van der Waals surface area (Å²) in [5.41, 5.74) is 12.2. The molecule has 2 aromatic carbocycles. The molecule has 0 atom stereocenters. The van der Waals surface area contributed by atoms with E-state index >= 15 is 0 Å². The lowest BCUT2D eigenvalue weighted by Gasteiger charge is -2.24. The van der Waals surface area contributed by atoms with Crippen LogP contribution in [-0.4, -0.2) is 12.5 Å². The number of hydrogen-bond acceptors (Lipinski definition) is 1. The van der Waals surface area contributed by atoms with Crippen molar-refractivity contribution in [3.05, 3.63) is 65.2 Å². The van der Waals surface area contributed by atoms with E-state index in [1.165, 1.54) is 16.7 Å². The van der Waals surface area contributed by atoms with Crippen LogP contribution in [0.2, 0.25) is 0 Å². The van der Waals surface area contributed by atoms with Crippen molar-refractivity contribution in [3.8, 4) is 0 Å². The Balaban J connectivity index is 1.96. The number of rotatable bonds is 4. The number of nitrogens with two attached hydrogens (primary N) is 1. The van der Waals surface area contributed by atoms with Crippen molar-refractivity contribution in [2.75, 3.05) is 11.4 Å². The molecule has 0 fully saturated rings. The molecule has 3 nitrogen and oxygen atoms in total. The molecule has 0 saturated carbocycles. The van der Waals surface area contributed by atoms with Gasteiger partial charge < -0.3 is 10.6 Å². The third kappa shape index (κ3) is 3.14. The molecule has 0 spiro atoms. The molecule has 0 heterocycles. The second-order valence-electron chi connectivity index (χ2n) is 5.69. The van der Waals surface area contributed by atoms with Crippen LogP contribution in [0.1, 0.15) is 30.5 Å². The van der Waals surface area contributed by atoms with Crippen LogP contribution < -0.4 is 10.6 Å². The Kier molecular flexibility index (Phi) is 4.47. The standard InChI is InChI=1S/C20H23N3/c1-3-15-8-5-11-17(14-15)22-20(21)23(4-2)19-13-7-10-16-9-6-12-18(16)19/h5-8,10-14H,3-4,9H2,1-2H3,(H2,21,22). The summed E-state index contributed by atoms with van der Waals surface area (Å²) in [5.74, 6) is 0.537. The van der Waals surface area contributed by atoms with Gasteiger partial charge in [-0.1, -0.05) is 43.3 Å². The minimum absolute atomic E-state index is 0.537. The number of anilines is 1. The van der Waals surface area contributed by atoms with Crippen LogP contribution in [0, 0.1) is 0 Å². The number of benzene rings is 2. The van der Waals surface area contributed by atoms with E-state index in [1.807, 2.05) is 12.1 Å². The van der Waals surface area contributed by atoms with Gasteiger partial charge in [0.25, 0.3) is 0 Å². The van der Waals surface area contributed by atoms with E-state index in [1.54, 1.807) is 0 Å². The normalized spacial score (nSPS) is 13.2. The van der Waals surface area contributed by atoms with E-state index in [0.717, 1.165) is 30.8 Å². The van der Waals surface area contributed by atoms with Gasteiger partial charge in [-0.15, -0.1) is 0 Å². The van der Waals surface area contributed by atoms with Gasteiger partial charge in [0.1, 0.15) is 0 Å². The first-order valence-corrected chi connectivity index (χ1v) is 8.22. The average molecular weight is 305 g/mol. The average Bonchev–Trinajstić information content (AvgIpc) is 3.05. The van der Waals surface area contributed by atoms with Crippen LogP contribution >= 0.6 is 0 Å². The molecule has 0 aliphatic heterocycles. The summed E-state index contributed by atoms with van der Waals surface area (Å²) in [4.78, 5) is 6.71. The van der Waals surface area contributed by atoms with Crippen LogP contribution in [-0.2, 0) is 12.8 Å². The molecule has 118 valence electrons. The van der Waals surface area contributed by atoms with Crippen LogP contribution in [0.15, 0.2) is 53.5 Å². The van der Waals surface area contributed by atoms with Crippen LogP contribution in [0.25, 0.3) is 6.08 Å². The highest BCUT2D eigenvalue weighted by Gasteiger charge is 2.16. The van der Waals surface area contributed by atoms with Crippen molar-refractivity contribution in [1.82, 2.24) is 0 Å². The van der Waals surface area contributed by atoms with Gasteiger partial charge in [0, 0.05) is 12.1 Å². The third-order valence-corrected chi connectivity index (χ3v) is 4.24. The molecule has 23 heavy (non-hydrogen) atoms. The molecular formula is C20H23N3. The molecule has 2 aromatic rings. The zero-order valence-corrected chi connectivity index (χ0v) is 13.8. The summed E-state index contributed by atoms with van der Waals surface area (Å²) < 4.78 is 0. The number of allylic oxidation sites excluding steroid dienone is 1. The first-order valence-electron chi connectivity index (χ1n) is 8.22. The molecule has 0 bridgehead atoms. The number of hydrogen-bond donors (Lipinski definition) is 1. The fraction of sp³-hybridized carbons (Fsp3) is 0.250. The molecule has 1 aliphatic carbocycles. The fourth-order valence-corrected chi connectivity index (χ4v) is 3.00. The molecule has 3 rings (SSSR count). The lowest BCUT2D eigenvalue weighted by Crippen LogP contribution is -2.37. The molecule has 3 heteroatoms. The van der Waals surface area contributed by atoms with Gasteiger partial charge in [-0.25, -0.2) is 4.99 Å². The van der Waals surface area contributed by atoms with E-state index in [-0.39, 0.29) is 0 Å². The predicted octanol–water partition coefficient (Wildman–Crippen LogP) is 4.29. The molecule has 2 N–H and O–H groups in total. The summed E-state index contributed by atoms with van der Waals surface area (Å²) in [6.07, 6.45) is 6.37. The zero-order valence-electron chi connectivity index (χ0n) is 13.8. The van der Waals surface area contributed by atoms with Gasteiger partial charge >= 0.3 is 0 Å². The Morgan fingerprint density at radius 3 is 2.78 bits per heavy atom. The first kappa shape index (κ1) is 15.3. The van der Waals surface area contributed by atoms with Gasteiger partial charge in [-0.05, 0) is 49.1 Å². The molecular weight excluding hydrogens is 282 g/mol. The summed E-state index contributed by atoms with van der Waals surface area (Å²) in [6.45, 7) is 5.03. The van der Waals surface area contributed by atoms with Gasteiger partial charge in [0.05, 0.1) is 11.4 Å². The number of aliphatic imine (C=N–C) groups is 1. The highest BCUT2D eigenvalue weighted by atomic mass is 15.3. The largest absolute Gasteiger partial charge is 0.369 e. The number of guanidine groups is 1. The summed E-state index contributed by atoms with van der Waals surface area (Å²) in [5, 5.41) is 0. The molecule has 0 radical (unpaired) electrons. The van der Waals surface area contributed by atoms with E-state index < -0.39 is 0 Å². The van der Waals surface area contributed by atoms with Gasteiger partial charge in [0.15, 0.2) is 0 Å². The second-order valence-corrected chi connectivity index (χ2v) is 5.69. The quantitative estimate of drug-likeness (QED) is 0.676. The monoisotopic (exact) mass is 305 g/mol. The Bertz CT molecular complexity index is 759. The van der Waals surface area contributed by atoms with Crippen LogP contribution in [0.4, 0.5) is 11.4 Å². The number of fused-ring (bicyclic) bond motifs is 1. The van der Waals surface area contributed by atoms with E-state index in [9.17, 15) is 0 Å². The summed E-state index contributed by atoms with van der Waals surface area (Å²) in [7, 11) is 0. The van der Waals surface area contributed by atoms with Crippen molar-refractivity contribution in [2.45, 2.75) is 26.7 Å². The maximum atomic E-state index is 6.33. The van der Waals surface area contributed by atoms with Gasteiger partial charge in [0.2, 0.25) is 5.96 Å². The van der Waals surface area contributed by atoms with Crippen molar-refractivity contribution in [3.63, 3.8) is 0 Å². The molecule has 1 aliphatic rings. The van der Waals surface area contributed by atoms with E-state index in [4.69, 9.17) is 5.73 Å². The fourth-order valence-electron chi connectivity index (χ4n) is 3.00. The summed E-state index contributed by atoms with van der Waals surface area (Å²) in [6, 6.07) is 14.6. The minimum atomic E-state index is 0.537. The SMILES string of the molecule is CCc1cccc(N=C(N)N(CC)c2cccc3c2C=CC3)c1. The van der Waals surface area contributed by atoms with Gasteiger partial charge in [-0.2, -0.15) is 0 Å². The highest BCUT2D eigenvalue weighted by molar-refractivity contribution is 5.98. The highest BCUT2D eigenvalue weighted by Crippen LogP contribution is 2.30. The van der Waals surface area contributed by atoms with Crippen molar-refractivity contribution in [2.24, 2.45) is 10.7 Å². The Morgan fingerprint density at radius 2 is 2.00 bits per heavy atom. The molecule has 0 unspecified atom stereocenters. The van der Waals surface area contributed by atoms with E-state index in [2.05, 4.69) is 66.2 Å². The Morgan fingerprint density at radius 1 is 1.17 bits per heavy atom. The van der Waals surface area contributed by atoms with Crippen LogP contribution in [0.3, 0.4) is 0 Å². The molecule has 0 amide bonds. The molecule has 0 saturated heterocycles. The number of aryl methyl sites for hydroxylation is 1. The Labute approximate surface area is 138 Å². The van der Waals surface area contributed by atoms with Crippen molar-refractivity contribution >= 4 is 23.4 Å². The van der Waals surface area contributed by atoms with Gasteiger partial charge in [-0.3, -0.25) is 0 Å². The van der Waals surface area contributed by atoms with Crippen molar-refractivity contribution < 1.29 is 0 Å². The lowest BCUT2D eigenvalue weighted by molar-refractivity contribution is 1.04. The maximum absolute atomic E-state index is 6.33. The maximum Gasteiger partial charge on any atom is 0.201 e. The van der Waals surface area contributed by atoms with Crippen molar-refractivity contribution in [1.29, 1.82) is 0 Å². The topological polar surface area (TPSA) is 41.6 Å². The predicted molar refractivity (Wildman–Crippen MR) is 99.3 cm³/mol.